The van der Waals surface area contributed by atoms with Crippen LogP contribution in [0.1, 0.15) is 39.5 Å². The molecule has 0 aromatic heterocycles. The largest absolute Gasteiger partial charge is 0.376 e. The molecule has 0 aromatic rings. The SMILES string of the molecule is CC1CCCC(C=O)(CN2CCOC(C)C2)C1. The molecule has 0 amide bonds. The van der Waals surface area contributed by atoms with E-state index in [-0.39, 0.29) is 5.41 Å². The third-order valence-electron chi connectivity index (χ3n) is 4.24. The lowest BCUT2D eigenvalue weighted by Gasteiger charge is -2.41. The summed E-state index contributed by atoms with van der Waals surface area (Å²) in [7, 11) is 0. The molecular weight excluding hydrogens is 214 g/mol. The highest BCUT2D eigenvalue weighted by Crippen LogP contribution is 2.38. The van der Waals surface area contributed by atoms with E-state index in [2.05, 4.69) is 18.7 Å². The first-order valence-corrected chi connectivity index (χ1v) is 6.94. The molecule has 1 saturated heterocycles. The maximum Gasteiger partial charge on any atom is 0.127 e. The molecule has 1 aliphatic heterocycles. The molecule has 3 nitrogen and oxygen atoms in total. The molecule has 1 heterocycles. The number of rotatable bonds is 3. The molecule has 3 unspecified atom stereocenters. The molecule has 1 saturated carbocycles. The Hall–Kier alpha value is -0.410. The maximum atomic E-state index is 11.5. The monoisotopic (exact) mass is 239 g/mol. The Labute approximate surface area is 105 Å². The average Bonchev–Trinajstić information content (AvgIpc) is 2.29. The van der Waals surface area contributed by atoms with Gasteiger partial charge in [0, 0.05) is 25.0 Å². The summed E-state index contributed by atoms with van der Waals surface area (Å²) in [4.78, 5) is 13.9. The smallest absolute Gasteiger partial charge is 0.127 e. The predicted octanol–water partition coefficient (Wildman–Crippen LogP) is 2.10. The normalized spacial score (nSPS) is 40.1. The van der Waals surface area contributed by atoms with E-state index in [1.165, 1.54) is 19.1 Å². The zero-order valence-electron chi connectivity index (χ0n) is 11.2. The third-order valence-corrected chi connectivity index (χ3v) is 4.24. The van der Waals surface area contributed by atoms with Gasteiger partial charge >= 0.3 is 0 Å². The fourth-order valence-electron chi connectivity index (χ4n) is 3.47. The van der Waals surface area contributed by atoms with Crippen molar-refractivity contribution in [2.45, 2.75) is 45.6 Å². The second-order valence-electron chi connectivity index (χ2n) is 6.10. The van der Waals surface area contributed by atoms with Crippen LogP contribution in [0.2, 0.25) is 0 Å². The van der Waals surface area contributed by atoms with Gasteiger partial charge in [-0.1, -0.05) is 19.8 Å². The van der Waals surface area contributed by atoms with Gasteiger partial charge in [0.2, 0.25) is 0 Å². The minimum absolute atomic E-state index is 0.0747. The molecule has 2 aliphatic rings. The number of hydrogen-bond donors (Lipinski definition) is 0. The van der Waals surface area contributed by atoms with Crippen molar-refractivity contribution >= 4 is 6.29 Å². The first-order valence-electron chi connectivity index (χ1n) is 6.94. The molecule has 2 rings (SSSR count). The first kappa shape index (κ1) is 13.0. The molecule has 3 heteroatoms. The van der Waals surface area contributed by atoms with Crippen LogP contribution in [0.3, 0.4) is 0 Å². The van der Waals surface area contributed by atoms with Crippen LogP contribution < -0.4 is 0 Å². The van der Waals surface area contributed by atoms with Gasteiger partial charge in [-0.05, 0) is 25.7 Å². The number of aldehydes is 1. The standard InChI is InChI=1S/C14H25NO2/c1-12-4-3-5-14(8-12,11-16)10-15-6-7-17-13(2)9-15/h11-13H,3-10H2,1-2H3. The van der Waals surface area contributed by atoms with Crippen molar-refractivity contribution in [3.05, 3.63) is 0 Å². The van der Waals surface area contributed by atoms with Crippen molar-refractivity contribution in [2.24, 2.45) is 11.3 Å². The summed E-state index contributed by atoms with van der Waals surface area (Å²) in [5, 5.41) is 0. The lowest BCUT2D eigenvalue weighted by Crippen LogP contribution is -2.48. The second-order valence-corrected chi connectivity index (χ2v) is 6.10. The van der Waals surface area contributed by atoms with Gasteiger partial charge in [-0.2, -0.15) is 0 Å². The number of hydrogen-bond acceptors (Lipinski definition) is 3. The molecule has 2 fully saturated rings. The van der Waals surface area contributed by atoms with Gasteiger partial charge < -0.3 is 9.53 Å². The van der Waals surface area contributed by atoms with Crippen LogP contribution in [-0.4, -0.2) is 43.5 Å². The van der Waals surface area contributed by atoms with E-state index < -0.39 is 0 Å². The van der Waals surface area contributed by atoms with Gasteiger partial charge in [-0.3, -0.25) is 4.90 Å². The van der Waals surface area contributed by atoms with Crippen LogP contribution in [0, 0.1) is 11.3 Å². The van der Waals surface area contributed by atoms with E-state index in [0.717, 1.165) is 39.1 Å². The molecule has 0 spiro atoms. The Kier molecular flexibility index (Phi) is 4.21. The summed E-state index contributed by atoms with van der Waals surface area (Å²) < 4.78 is 5.55. The predicted molar refractivity (Wildman–Crippen MR) is 68.0 cm³/mol. The van der Waals surface area contributed by atoms with Crippen LogP contribution >= 0.6 is 0 Å². The Morgan fingerprint density at radius 3 is 2.94 bits per heavy atom. The summed E-state index contributed by atoms with van der Waals surface area (Å²) >= 11 is 0. The molecule has 3 atom stereocenters. The van der Waals surface area contributed by atoms with Gasteiger partial charge in [-0.15, -0.1) is 0 Å². The summed E-state index contributed by atoms with van der Waals surface area (Å²) in [6.07, 6.45) is 6.19. The van der Waals surface area contributed by atoms with Gasteiger partial charge in [0.1, 0.15) is 6.29 Å². The molecule has 1 aliphatic carbocycles. The number of carbonyl (C=O) groups is 1. The highest BCUT2D eigenvalue weighted by Gasteiger charge is 2.37. The molecule has 17 heavy (non-hydrogen) atoms. The topological polar surface area (TPSA) is 29.5 Å². The number of ether oxygens (including phenoxy) is 1. The number of carbonyl (C=O) groups excluding carboxylic acids is 1. The molecular formula is C14H25NO2. The van der Waals surface area contributed by atoms with E-state index in [0.29, 0.717) is 12.0 Å². The second kappa shape index (κ2) is 5.49. The minimum atomic E-state index is -0.0747. The lowest BCUT2D eigenvalue weighted by atomic mass is 9.70. The maximum absolute atomic E-state index is 11.5. The molecule has 0 bridgehead atoms. The van der Waals surface area contributed by atoms with Crippen LogP contribution in [0.5, 0.6) is 0 Å². The Morgan fingerprint density at radius 1 is 1.47 bits per heavy atom. The van der Waals surface area contributed by atoms with Gasteiger partial charge in [-0.25, -0.2) is 0 Å². The fourth-order valence-corrected chi connectivity index (χ4v) is 3.47. The van der Waals surface area contributed by atoms with Crippen LogP contribution in [-0.2, 0) is 9.53 Å². The zero-order chi connectivity index (χ0) is 12.3. The van der Waals surface area contributed by atoms with Crippen molar-refractivity contribution in [3.63, 3.8) is 0 Å². The van der Waals surface area contributed by atoms with Crippen LogP contribution in [0.4, 0.5) is 0 Å². The van der Waals surface area contributed by atoms with Gasteiger partial charge in [0.15, 0.2) is 0 Å². The highest BCUT2D eigenvalue weighted by molar-refractivity contribution is 5.60. The Morgan fingerprint density at radius 2 is 2.29 bits per heavy atom. The fraction of sp³-hybridized carbons (Fsp3) is 0.929. The van der Waals surface area contributed by atoms with Crippen LogP contribution in [0.15, 0.2) is 0 Å². The lowest BCUT2D eigenvalue weighted by molar-refractivity contribution is -0.121. The average molecular weight is 239 g/mol. The summed E-state index contributed by atoms with van der Waals surface area (Å²) in [5.74, 6) is 0.701. The van der Waals surface area contributed by atoms with E-state index in [1.807, 2.05) is 0 Å². The first-order chi connectivity index (χ1) is 8.13. The van der Waals surface area contributed by atoms with Crippen molar-refractivity contribution in [2.75, 3.05) is 26.2 Å². The number of morpholine rings is 1. The Balaban J connectivity index is 1.95. The third kappa shape index (κ3) is 3.29. The van der Waals surface area contributed by atoms with Gasteiger partial charge in [0.05, 0.1) is 12.7 Å². The van der Waals surface area contributed by atoms with E-state index in [4.69, 9.17) is 4.74 Å². The molecule has 0 radical (unpaired) electrons. The van der Waals surface area contributed by atoms with Crippen LogP contribution in [0.25, 0.3) is 0 Å². The quantitative estimate of drug-likeness (QED) is 0.706. The van der Waals surface area contributed by atoms with E-state index >= 15 is 0 Å². The van der Waals surface area contributed by atoms with Crippen molar-refractivity contribution in [1.29, 1.82) is 0 Å². The Bertz CT molecular complexity index is 269. The summed E-state index contributed by atoms with van der Waals surface area (Å²) in [5.41, 5.74) is -0.0747. The van der Waals surface area contributed by atoms with Crippen molar-refractivity contribution in [3.8, 4) is 0 Å². The summed E-state index contributed by atoms with van der Waals surface area (Å²) in [6.45, 7) is 8.10. The molecule has 98 valence electrons. The zero-order valence-corrected chi connectivity index (χ0v) is 11.2. The van der Waals surface area contributed by atoms with Gasteiger partial charge in [0.25, 0.3) is 0 Å². The minimum Gasteiger partial charge on any atom is -0.376 e. The molecule has 0 N–H and O–H groups in total. The van der Waals surface area contributed by atoms with E-state index in [9.17, 15) is 4.79 Å². The van der Waals surface area contributed by atoms with Crippen molar-refractivity contribution < 1.29 is 9.53 Å². The number of nitrogens with zero attached hydrogens (tertiary/aromatic N) is 1. The summed E-state index contributed by atoms with van der Waals surface area (Å²) in [6, 6.07) is 0. The van der Waals surface area contributed by atoms with E-state index in [1.54, 1.807) is 0 Å². The van der Waals surface area contributed by atoms with Crippen molar-refractivity contribution in [1.82, 2.24) is 4.90 Å². The highest BCUT2D eigenvalue weighted by atomic mass is 16.5. The molecule has 0 aromatic carbocycles.